The van der Waals surface area contributed by atoms with Crippen LogP contribution in [0.25, 0.3) is 0 Å². The van der Waals surface area contributed by atoms with Crippen LogP contribution in [0.2, 0.25) is 0 Å². The summed E-state index contributed by atoms with van der Waals surface area (Å²) in [5.74, 6) is -0.678. The fraction of sp³-hybridized carbons (Fsp3) is 0.429. The number of aromatic nitrogens is 1. The largest absolute Gasteiger partial charge is 0.476 e. The zero-order valence-corrected chi connectivity index (χ0v) is 6.86. The standard InChI is InChI=1S/C7H10N2O4/c10-2-1-8-4-5-3-6(7(11)12)9-13-5/h3,8,10H,1-2,4H2,(H,11,12). The van der Waals surface area contributed by atoms with Crippen molar-refractivity contribution < 1.29 is 19.5 Å². The van der Waals surface area contributed by atoms with Gasteiger partial charge in [-0.2, -0.15) is 0 Å². The summed E-state index contributed by atoms with van der Waals surface area (Å²) in [6, 6.07) is 1.34. The van der Waals surface area contributed by atoms with Crippen LogP contribution in [0.3, 0.4) is 0 Å². The number of hydrogen-bond acceptors (Lipinski definition) is 5. The number of rotatable bonds is 5. The van der Waals surface area contributed by atoms with Crippen LogP contribution in [-0.4, -0.2) is 34.5 Å². The summed E-state index contributed by atoms with van der Waals surface area (Å²) in [7, 11) is 0. The first-order chi connectivity index (χ1) is 6.24. The summed E-state index contributed by atoms with van der Waals surface area (Å²) in [6.07, 6.45) is 0. The van der Waals surface area contributed by atoms with Crippen molar-refractivity contribution in [2.24, 2.45) is 0 Å². The van der Waals surface area contributed by atoms with Crippen LogP contribution < -0.4 is 5.32 Å². The number of carbonyl (C=O) groups is 1. The first-order valence-corrected chi connectivity index (χ1v) is 3.74. The monoisotopic (exact) mass is 186 g/mol. The highest BCUT2D eigenvalue weighted by atomic mass is 16.5. The fourth-order valence-corrected chi connectivity index (χ4v) is 0.788. The molecular formula is C7H10N2O4. The quantitative estimate of drug-likeness (QED) is 0.534. The van der Waals surface area contributed by atoms with Gasteiger partial charge in [-0.25, -0.2) is 4.79 Å². The Kier molecular flexibility index (Phi) is 3.41. The normalized spacial score (nSPS) is 10.2. The van der Waals surface area contributed by atoms with Gasteiger partial charge in [-0.3, -0.25) is 0 Å². The lowest BCUT2D eigenvalue weighted by Crippen LogP contribution is -2.16. The molecular weight excluding hydrogens is 176 g/mol. The Morgan fingerprint density at radius 1 is 1.69 bits per heavy atom. The number of aromatic carboxylic acids is 1. The number of nitrogens with one attached hydrogen (secondary N) is 1. The van der Waals surface area contributed by atoms with Crippen LogP contribution in [-0.2, 0) is 6.54 Å². The third kappa shape index (κ3) is 2.85. The van der Waals surface area contributed by atoms with Gasteiger partial charge < -0.3 is 20.1 Å². The van der Waals surface area contributed by atoms with Crippen molar-refractivity contribution in [3.8, 4) is 0 Å². The number of carboxylic acids is 1. The molecule has 0 atom stereocenters. The molecule has 0 saturated heterocycles. The van der Waals surface area contributed by atoms with Crippen LogP contribution in [0.15, 0.2) is 10.6 Å². The highest BCUT2D eigenvalue weighted by Gasteiger charge is 2.09. The molecule has 0 radical (unpaired) electrons. The Morgan fingerprint density at radius 2 is 2.46 bits per heavy atom. The van der Waals surface area contributed by atoms with E-state index in [1.807, 2.05) is 0 Å². The van der Waals surface area contributed by atoms with E-state index in [0.29, 0.717) is 18.8 Å². The van der Waals surface area contributed by atoms with E-state index in [-0.39, 0.29) is 12.3 Å². The molecule has 0 aliphatic carbocycles. The zero-order valence-electron chi connectivity index (χ0n) is 6.86. The van der Waals surface area contributed by atoms with Crippen molar-refractivity contribution in [1.29, 1.82) is 0 Å². The molecule has 0 aliphatic rings. The van der Waals surface area contributed by atoms with E-state index in [0.717, 1.165) is 0 Å². The highest BCUT2D eigenvalue weighted by Crippen LogP contribution is 2.02. The van der Waals surface area contributed by atoms with E-state index in [1.54, 1.807) is 0 Å². The molecule has 0 unspecified atom stereocenters. The predicted molar refractivity (Wildman–Crippen MR) is 42.3 cm³/mol. The SMILES string of the molecule is O=C(O)c1cc(CNCCO)on1. The van der Waals surface area contributed by atoms with Crippen LogP contribution >= 0.6 is 0 Å². The summed E-state index contributed by atoms with van der Waals surface area (Å²) >= 11 is 0. The van der Waals surface area contributed by atoms with Gasteiger partial charge in [0.25, 0.3) is 0 Å². The second-order valence-electron chi connectivity index (χ2n) is 2.38. The maximum atomic E-state index is 10.4. The fourth-order valence-electron chi connectivity index (χ4n) is 0.788. The molecule has 6 nitrogen and oxygen atoms in total. The van der Waals surface area contributed by atoms with Crippen molar-refractivity contribution in [2.45, 2.75) is 6.54 Å². The third-order valence-corrected chi connectivity index (χ3v) is 1.37. The van der Waals surface area contributed by atoms with Gasteiger partial charge >= 0.3 is 5.97 Å². The molecule has 0 aliphatic heterocycles. The minimum Gasteiger partial charge on any atom is -0.476 e. The molecule has 6 heteroatoms. The minimum absolute atomic E-state index is 0.0277. The van der Waals surface area contributed by atoms with Gasteiger partial charge in [0, 0.05) is 12.6 Å². The van der Waals surface area contributed by atoms with Gasteiger partial charge in [-0.1, -0.05) is 5.16 Å². The predicted octanol–water partition coefficient (Wildman–Crippen LogP) is -0.545. The Balaban J connectivity index is 2.44. The number of aliphatic hydroxyl groups excluding tert-OH is 1. The maximum Gasteiger partial charge on any atom is 0.358 e. The van der Waals surface area contributed by atoms with Crippen molar-refractivity contribution in [3.63, 3.8) is 0 Å². The molecule has 0 bridgehead atoms. The van der Waals surface area contributed by atoms with E-state index >= 15 is 0 Å². The van der Waals surface area contributed by atoms with E-state index in [2.05, 4.69) is 10.5 Å². The van der Waals surface area contributed by atoms with Crippen molar-refractivity contribution in [2.75, 3.05) is 13.2 Å². The number of aliphatic hydroxyl groups is 1. The van der Waals surface area contributed by atoms with Crippen LogP contribution in [0.4, 0.5) is 0 Å². The lowest BCUT2D eigenvalue weighted by Gasteiger charge is -1.95. The van der Waals surface area contributed by atoms with Crippen molar-refractivity contribution in [1.82, 2.24) is 10.5 Å². The third-order valence-electron chi connectivity index (χ3n) is 1.37. The molecule has 0 aromatic carbocycles. The lowest BCUT2D eigenvalue weighted by atomic mass is 10.3. The second-order valence-corrected chi connectivity index (χ2v) is 2.38. The second kappa shape index (κ2) is 4.58. The highest BCUT2D eigenvalue weighted by molar-refractivity contribution is 5.85. The van der Waals surface area contributed by atoms with Crippen molar-refractivity contribution >= 4 is 5.97 Å². The van der Waals surface area contributed by atoms with Gasteiger partial charge in [0.1, 0.15) is 0 Å². The first kappa shape index (κ1) is 9.69. The average Bonchev–Trinajstić information content (AvgIpc) is 2.53. The molecule has 72 valence electrons. The lowest BCUT2D eigenvalue weighted by molar-refractivity contribution is 0.0685. The van der Waals surface area contributed by atoms with Crippen LogP contribution in [0.5, 0.6) is 0 Å². The number of hydrogen-bond donors (Lipinski definition) is 3. The van der Waals surface area contributed by atoms with E-state index in [9.17, 15) is 4.79 Å². The summed E-state index contributed by atoms with van der Waals surface area (Å²) in [5, 5.41) is 23.1. The average molecular weight is 186 g/mol. The molecule has 3 N–H and O–H groups in total. The molecule has 1 heterocycles. The smallest absolute Gasteiger partial charge is 0.358 e. The maximum absolute atomic E-state index is 10.4. The number of nitrogens with zero attached hydrogens (tertiary/aromatic N) is 1. The van der Waals surface area contributed by atoms with E-state index in [1.165, 1.54) is 6.07 Å². The summed E-state index contributed by atoms with van der Waals surface area (Å²) in [4.78, 5) is 10.4. The number of carboxylic acid groups (broad SMARTS) is 1. The van der Waals surface area contributed by atoms with E-state index < -0.39 is 5.97 Å². The Labute approximate surface area is 74.2 Å². The molecule has 0 saturated carbocycles. The summed E-state index contributed by atoms with van der Waals surface area (Å²) < 4.78 is 4.70. The summed E-state index contributed by atoms with van der Waals surface area (Å²) in [6.45, 7) is 0.823. The van der Waals surface area contributed by atoms with Crippen LogP contribution in [0, 0.1) is 0 Å². The molecule has 0 amide bonds. The molecule has 1 rings (SSSR count). The molecule has 0 spiro atoms. The Bertz CT molecular complexity index is 284. The van der Waals surface area contributed by atoms with Crippen LogP contribution in [0.1, 0.15) is 16.2 Å². The molecule has 13 heavy (non-hydrogen) atoms. The van der Waals surface area contributed by atoms with E-state index in [4.69, 9.17) is 14.7 Å². The molecule has 1 aromatic heterocycles. The summed E-state index contributed by atoms with van der Waals surface area (Å²) in [5.41, 5.74) is -0.110. The Morgan fingerprint density at radius 3 is 3.00 bits per heavy atom. The van der Waals surface area contributed by atoms with Gasteiger partial charge in [0.15, 0.2) is 11.5 Å². The van der Waals surface area contributed by atoms with Crippen molar-refractivity contribution in [3.05, 3.63) is 17.5 Å². The molecule has 1 aromatic rings. The first-order valence-electron chi connectivity index (χ1n) is 3.74. The van der Waals surface area contributed by atoms with Gasteiger partial charge in [0.2, 0.25) is 0 Å². The molecule has 0 fully saturated rings. The topological polar surface area (TPSA) is 95.6 Å². The zero-order chi connectivity index (χ0) is 9.68. The van der Waals surface area contributed by atoms with Gasteiger partial charge in [-0.15, -0.1) is 0 Å². The van der Waals surface area contributed by atoms with Gasteiger partial charge in [-0.05, 0) is 0 Å². The van der Waals surface area contributed by atoms with Gasteiger partial charge in [0.05, 0.1) is 13.2 Å². The Hall–Kier alpha value is -1.40. The minimum atomic E-state index is -1.11.